The summed E-state index contributed by atoms with van der Waals surface area (Å²) in [5, 5.41) is 4.16. The van der Waals surface area contributed by atoms with Gasteiger partial charge in [-0.1, -0.05) is 17.7 Å². The number of hydrogen-bond donors (Lipinski definition) is 1. The van der Waals surface area contributed by atoms with E-state index in [0.29, 0.717) is 11.7 Å². The van der Waals surface area contributed by atoms with Crippen LogP contribution in [-0.4, -0.2) is 41.8 Å². The molecule has 1 aliphatic carbocycles. The summed E-state index contributed by atoms with van der Waals surface area (Å²) < 4.78 is 2.02. The van der Waals surface area contributed by atoms with Crippen LogP contribution in [-0.2, 0) is 17.6 Å². The number of Topliss-reactive ketones (excluding diaryl/α,β-unsaturated/α-hetero) is 1. The standard InChI is InChI=1S/C26H30Br2ClN3O/c27-19-14-18-1-2-20-21(3-4-22(29)24(20)28)26(25(18)31-15-19)32-11-7-17(8-12-32)23(33)13-16-5-9-30-10-6-16/h3-4,14-17,26,30H,1-2,5-13H2. The highest BCUT2D eigenvalue weighted by Crippen LogP contribution is 2.42. The van der Waals surface area contributed by atoms with Crippen LogP contribution in [0.3, 0.4) is 0 Å². The Morgan fingerprint density at radius 3 is 2.64 bits per heavy atom. The normalized spacial score (nSPS) is 22.5. The molecule has 1 unspecified atom stereocenters. The number of pyridine rings is 1. The average molecular weight is 596 g/mol. The van der Waals surface area contributed by atoms with Crippen molar-refractivity contribution in [3.05, 3.63) is 60.7 Å². The first-order chi connectivity index (χ1) is 16.0. The molecule has 3 aliphatic rings. The van der Waals surface area contributed by atoms with Crippen LogP contribution in [0.25, 0.3) is 0 Å². The molecule has 1 atom stereocenters. The lowest BCUT2D eigenvalue weighted by Gasteiger charge is -2.38. The van der Waals surface area contributed by atoms with Crippen molar-refractivity contribution in [3.8, 4) is 0 Å². The molecule has 2 aliphatic heterocycles. The zero-order valence-electron chi connectivity index (χ0n) is 18.8. The van der Waals surface area contributed by atoms with Crippen molar-refractivity contribution in [2.75, 3.05) is 26.2 Å². The quantitative estimate of drug-likeness (QED) is 0.463. The van der Waals surface area contributed by atoms with Crippen LogP contribution in [0, 0.1) is 11.8 Å². The van der Waals surface area contributed by atoms with Gasteiger partial charge in [-0.2, -0.15) is 0 Å². The van der Waals surface area contributed by atoms with Gasteiger partial charge in [0, 0.05) is 27.5 Å². The van der Waals surface area contributed by atoms with Gasteiger partial charge >= 0.3 is 0 Å². The number of aromatic nitrogens is 1. The number of piperidine rings is 2. The van der Waals surface area contributed by atoms with E-state index in [1.165, 1.54) is 16.7 Å². The first-order valence-electron chi connectivity index (χ1n) is 12.1. The summed E-state index contributed by atoms with van der Waals surface area (Å²) in [6.45, 7) is 3.95. The summed E-state index contributed by atoms with van der Waals surface area (Å²) in [7, 11) is 0. The lowest BCUT2D eigenvalue weighted by atomic mass is 9.83. The van der Waals surface area contributed by atoms with E-state index in [0.717, 1.165) is 90.8 Å². The molecule has 0 saturated carbocycles. The van der Waals surface area contributed by atoms with E-state index in [-0.39, 0.29) is 12.0 Å². The SMILES string of the molecule is O=C(CC1CCNCC1)C1CCN(C2c3ccc(Cl)c(Br)c3CCc3cc(Br)cnc32)CC1. The van der Waals surface area contributed by atoms with Gasteiger partial charge in [0.2, 0.25) is 0 Å². The number of hydrogen-bond acceptors (Lipinski definition) is 4. The molecular formula is C26H30Br2ClN3O. The molecule has 0 spiro atoms. The maximum Gasteiger partial charge on any atom is 0.136 e. The van der Waals surface area contributed by atoms with E-state index in [2.05, 4.69) is 54.2 Å². The zero-order chi connectivity index (χ0) is 22.9. The van der Waals surface area contributed by atoms with Crippen molar-refractivity contribution < 1.29 is 4.79 Å². The number of carbonyl (C=O) groups is 1. The summed E-state index contributed by atoms with van der Waals surface area (Å²) in [4.78, 5) is 20.5. The van der Waals surface area contributed by atoms with Gasteiger partial charge in [-0.25, -0.2) is 0 Å². The monoisotopic (exact) mass is 593 g/mol. The number of nitrogens with zero attached hydrogens (tertiary/aromatic N) is 2. The number of nitrogens with one attached hydrogen (secondary N) is 1. The fraction of sp³-hybridized carbons (Fsp3) is 0.538. The fourth-order valence-corrected chi connectivity index (χ4v) is 6.96. The second kappa shape index (κ2) is 10.4. The predicted octanol–water partition coefficient (Wildman–Crippen LogP) is 6.12. The van der Waals surface area contributed by atoms with Gasteiger partial charge in [0.1, 0.15) is 5.78 Å². The number of fused-ring (bicyclic) bond motifs is 2. The Balaban J connectivity index is 1.38. The van der Waals surface area contributed by atoms with Crippen LogP contribution >= 0.6 is 43.5 Å². The molecule has 1 N–H and O–H groups in total. The number of halogens is 3. The van der Waals surface area contributed by atoms with Crippen LogP contribution in [0.5, 0.6) is 0 Å². The fourth-order valence-electron chi connectivity index (χ4n) is 5.85. The van der Waals surface area contributed by atoms with Crippen LogP contribution < -0.4 is 5.32 Å². The number of ketones is 1. The molecule has 0 bridgehead atoms. The Bertz CT molecular complexity index is 1030. The number of carbonyl (C=O) groups excluding carboxylic acids is 1. The number of likely N-dealkylation sites (tertiary alicyclic amines) is 1. The van der Waals surface area contributed by atoms with Crippen LogP contribution in [0.4, 0.5) is 0 Å². The third kappa shape index (κ3) is 5.11. The molecule has 0 radical (unpaired) electrons. The molecule has 1 aromatic heterocycles. The Kier molecular flexibility index (Phi) is 7.58. The predicted molar refractivity (Wildman–Crippen MR) is 140 cm³/mol. The number of benzene rings is 1. The third-order valence-corrected chi connectivity index (χ3v) is 9.58. The zero-order valence-corrected chi connectivity index (χ0v) is 22.7. The second-order valence-electron chi connectivity index (χ2n) is 9.70. The summed E-state index contributed by atoms with van der Waals surface area (Å²) in [6, 6.07) is 6.49. The minimum atomic E-state index is 0.0969. The van der Waals surface area contributed by atoms with E-state index < -0.39 is 0 Å². The average Bonchev–Trinajstić information content (AvgIpc) is 2.99. The van der Waals surface area contributed by atoms with Gasteiger partial charge in [-0.3, -0.25) is 14.7 Å². The van der Waals surface area contributed by atoms with Gasteiger partial charge in [0.25, 0.3) is 0 Å². The third-order valence-electron chi connectivity index (χ3n) is 7.70. The van der Waals surface area contributed by atoms with Crippen molar-refractivity contribution in [1.82, 2.24) is 15.2 Å². The maximum absolute atomic E-state index is 13.0. The highest BCUT2D eigenvalue weighted by atomic mass is 79.9. The molecule has 1 aromatic carbocycles. The molecule has 2 fully saturated rings. The number of aryl methyl sites for hydroxylation is 1. The molecule has 3 heterocycles. The Morgan fingerprint density at radius 2 is 1.88 bits per heavy atom. The molecule has 7 heteroatoms. The summed E-state index contributed by atoms with van der Waals surface area (Å²) in [5.74, 6) is 1.26. The van der Waals surface area contributed by atoms with Gasteiger partial charge in [0.15, 0.2) is 0 Å². The second-order valence-corrected chi connectivity index (χ2v) is 11.8. The Hall–Kier alpha value is -0.790. The van der Waals surface area contributed by atoms with Crippen LogP contribution in [0.2, 0.25) is 5.02 Å². The molecule has 4 nitrogen and oxygen atoms in total. The van der Waals surface area contributed by atoms with E-state index in [1.807, 2.05) is 12.3 Å². The highest BCUT2D eigenvalue weighted by Gasteiger charge is 2.35. The van der Waals surface area contributed by atoms with Gasteiger partial charge in [-0.05, 0) is 131 Å². The van der Waals surface area contributed by atoms with E-state index in [1.54, 1.807) is 0 Å². The van der Waals surface area contributed by atoms with Crippen molar-refractivity contribution in [3.63, 3.8) is 0 Å². The van der Waals surface area contributed by atoms with Crippen LogP contribution in [0.15, 0.2) is 33.3 Å². The molecule has 33 heavy (non-hydrogen) atoms. The highest BCUT2D eigenvalue weighted by molar-refractivity contribution is 9.10. The van der Waals surface area contributed by atoms with Crippen molar-refractivity contribution in [1.29, 1.82) is 0 Å². The molecule has 2 aromatic rings. The minimum absolute atomic E-state index is 0.0969. The van der Waals surface area contributed by atoms with E-state index in [4.69, 9.17) is 16.6 Å². The van der Waals surface area contributed by atoms with Crippen molar-refractivity contribution in [2.24, 2.45) is 11.8 Å². The Labute approximate surface area is 218 Å². The molecule has 176 valence electrons. The number of rotatable bonds is 4. The van der Waals surface area contributed by atoms with E-state index >= 15 is 0 Å². The molecule has 2 saturated heterocycles. The lowest BCUT2D eigenvalue weighted by Crippen LogP contribution is -2.40. The van der Waals surface area contributed by atoms with E-state index in [9.17, 15) is 4.79 Å². The smallest absolute Gasteiger partial charge is 0.136 e. The molecular weight excluding hydrogens is 566 g/mol. The van der Waals surface area contributed by atoms with Gasteiger partial charge < -0.3 is 5.32 Å². The first kappa shape index (κ1) is 23.9. The largest absolute Gasteiger partial charge is 0.317 e. The maximum atomic E-state index is 13.0. The van der Waals surface area contributed by atoms with Crippen LogP contribution in [0.1, 0.15) is 60.5 Å². The minimum Gasteiger partial charge on any atom is -0.317 e. The van der Waals surface area contributed by atoms with Crippen molar-refractivity contribution in [2.45, 2.75) is 51.0 Å². The van der Waals surface area contributed by atoms with Gasteiger partial charge in [-0.15, -0.1) is 0 Å². The van der Waals surface area contributed by atoms with Gasteiger partial charge in [0.05, 0.1) is 16.8 Å². The summed E-state index contributed by atoms with van der Waals surface area (Å²) in [6.07, 6.45) is 8.71. The summed E-state index contributed by atoms with van der Waals surface area (Å²) >= 11 is 13.8. The lowest BCUT2D eigenvalue weighted by molar-refractivity contribution is -0.125. The molecule has 0 amide bonds. The first-order valence-corrected chi connectivity index (χ1v) is 14.1. The summed E-state index contributed by atoms with van der Waals surface area (Å²) in [5.41, 5.74) is 5.01. The molecule has 5 rings (SSSR count). The topological polar surface area (TPSA) is 45.2 Å². The Morgan fingerprint density at radius 1 is 1.12 bits per heavy atom. The van der Waals surface area contributed by atoms with Crippen molar-refractivity contribution >= 4 is 49.2 Å².